The molecule has 1 atom stereocenters. The van der Waals surface area contributed by atoms with Gasteiger partial charge in [0.05, 0.1) is 6.54 Å². The molecular formula is C18H36N4S. The third kappa shape index (κ3) is 6.54. The monoisotopic (exact) mass is 340 g/mol. The summed E-state index contributed by atoms with van der Waals surface area (Å²) in [6, 6.07) is 0. The minimum atomic E-state index is 0.356. The van der Waals surface area contributed by atoms with Crippen molar-refractivity contribution < 1.29 is 0 Å². The summed E-state index contributed by atoms with van der Waals surface area (Å²) in [7, 11) is 0. The van der Waals surface area contributed by atoms with Crippen molar-refractivity contribution in [2.45, 2.75) is 57.6 Å². The number of hydrogen-bond acceptors (Lipinski definition) is 3. The molecular weight excluding hydrogens is 304 g/mol. The van der Waals surface area contributed by atoms with Gasteiger partial charge in [-0.3, -0.25) is 4.99 Å². The Morgan fingerprint density at radius 3 is 2.65 bits per heavy atom. The van der Waals surface area contributed by atoms with Crippen LogP contribution < -0.4 is 10.6 Å². The molecule has 2 saturated heterocycles. The van der Waals surface area contributed by atoms with Crippen LogP contribution in [0.1, 0.15) is 52.9 Å². The van der Waals surface area contributed by atoms with E-state index in [2.05, 4.69) is 48.1 Å². The Morgan fingerprint density at radius 1 is 1.26 bits per heavy atom. The van der Waals surface area contributed by atoms with Crippen molar-refractivity contribution in [2.24, 2.45) is 10.9 Å². The topological polar surface area (TPSA) is 39.7 Å². The molecule has 0 saturated carbocycles. The fourth-order valence-corrected chi connectivity index (χ4v) is 4.76. The van der Waals surface area contributed by atoms with Gasteiger partial charge in [0.25, 0.3) is 0 Å². The first kappa shape index (κ1) is 18.9. The molecule has 2 aliphatic rings. The Labute approximate surface area is 147 Å². The highest BCUT2D eigenvalue weighted by atomic mass is 32.2. The smallest absolute Gasteiger partial charge is 0.191 e. The highest BCUT2D eigenvalue weighted by Gasteiger charge is 2.29. The predicted molar refractivity (Wildman–Crippen MR) is 104 cm³/mol. The second-order valence-corrected chi connectivity index (χ2v) is 8.87. The Balaban J connectivity index is 1.69. The molecule has 23 heavy (non-hydrogen) atoms. The van der Waals surface area contributed by atoms with Gasteiger partial charge in [0, 0.05) is 17.8 Å². The lowest BCUT2D eigenvalue weighted by Crippen LogP contribution is -2.40. The predicted octanol–water partition coefficient (Wildman–Crippen LogP) is 2.95. The molecule has 0 amide bonds. The number of aliphatic imine (C=N–C) groups is 1. The van der Waals surface area contributed by atoms with Gasteiger partial charge in [-0.25, -0.2) is 0 Å². The fraction of sp³-hybridized carbons (Fsp3) is 0.944. The van der Waals surface area contributed by atoms with E-state index in [1.54, 1.807) is 0 Å². The zero-order valence-corrected chi connectivity index (χ0v) is 16.2. The van der Waals surface area contributed by atoms with Crippen LogP contribution in [0.5, 0.6) is 0 Å². The van der Waals surface area contributed by atoms with Crippen molar-refractivity contribution in [3.63, 3.8) is 0 Å². The van der Waals surface area contributed by atoms with Crippen LogP contribution in [0.25, 0.3) is 0 Å². The molecule has 2 fully saturated rings. The maximum Gasteiger partial charge on any atom is 0.191 e. The summed E-state index contributed by atoms with van der Waals surface area (Å²) in [5, 5.41) is 6.95. The number of hydrogen-bond donors (Lipinski definition) is 2. The maximum absolute atomic E-state index is 4.84. The molecule has 2 aliphatic heterocycles. The van der Waals surface area contributed by atoms with E-state index in [-0.39, 0.29) is 0 Å². The number of nitrogens with zero attached hydrogens (tertiary/aromatic N) is 2. The Bertz CT molecular complexity index is 358. The van der Waals surface area contributed by atoms with Gasteiger partial charge in [-0.15, -0.1) is 0 Å². The second-order valence-electron chi connectivity index (χ2n) is 7.19. The third-order valence-electron chi connectivity index (χ3n) is 5.22. The molecule has 4 nitrogen and oxygen atoms in total. The average Bonchev–Trinajstić information content (AvgIpc) is 3.00. The summed E-state index contributed by atoms with van der Waals surface area (Å²) in [6.45, 7) is 13.5. The number of thioether (sulfide) groups is 1. The minimum Gasteiger partial charge on any atom is -0.357 e. The van der Waals surface area contributed by atoms with Gasteiger partial charge < -0.3 is 15.5 Å². The van der Waals surface area contributed by atoms with Crippen molar-refractivity contribution >= 4 is 17.7 Å². The summed E-state index contributed by atoms with van der Waals surface area (Å²) in [5.74, 6) is 3.19. The van der Waals surface area contributed by atoms with Crippen molar-refractivity contribution in [2.75, 3.05) is 45.0 Å². The molecule has 2 rings (SSSR count). The summed E-state index contributed by atoms with van der Waals surface area (Å²) in [4.78, 5) is 7.41. The van der Waals surface area contributed by atoms with Crippen LogP contribution in [-0.4, -0.2) is 60.6 Å². The number of rotatable bonds is 7. The van der Waals surface area contributed by atoms with Gasteiger partial charge in [-0.05, 0) is 77.3 Å². The summed E-state index contributed by atoms with van der Waals surface area (Å²) < 4.78 is 0.356. The van der Waals surface area contributed by atoms with Gasteiger partial charge in [-0.2, -0.15) is 11.8 Å². The van der Waals surface area contributed by atoms with Gasteiger partial charge in [0.2, 0.25) is 0 Å². The van der Waals surface area contributed by atoms with E-state index in [4.69, 9.17) is 4.99 Å². The van der Waals surface area contributed by atoms with Crippen LogP contribution in [-0.2, 0) is 0 Å². The van der Waals surface area contributed by atoms with Gasteiger partial charge in [0.15, 0.2) is 5.96 Å². The van der Waals surface area contributed by atoms with Gasteiger partial charge in [-0.1, -0.05) is 6.92 Å². The zero-order chi connectivity index (χ0) is 16.5. The van der Waals surface area contributed by atoms with E-state index in [9.17, 15) is 0 Å². The zero-order valence-electron chi connectivity index (χ0n) is 15.4. The van der Waals surface area contributed by atoms with Crippen molar-refractivity contribution in [1.29, 1.82) is 0 Å². The molecule has 0 aliphatic carbocycles. The molecule has 134 valence electrons. The first-order chi connectivity index (χ1) is 11.1. The van der Waals surface area contributed by atoms with Crippen LogP contribution in [0.4, 0.5) is 0 Å². The van der Waals surface area contributed by atoms with Crippen molar-refractivity contribution in [1.82, 2.24) is 15.5 Å². The van der Waals surface area contributed by atoms with Gasteiger partial charge in [0.1, 0.15) is 0 Å². The highest BCUT2D eigenvalue weighted by Crippen LogP contribution is 2.37. The van der Waals surface area contributed by atoms with Crippen LogP contribution in [0.3, 0.4) is 0 Å². The quantitative estimate of drug-likeness (QED) is 0.552. The molecule has 2 heterocycles. The lowest BCUT2D eigenvalue weighted by atomic mass is 9.93. The second kappa shape index (κ2) is 9.77. The Morgan fingerprint density at radius 2 is 2.04 bits per heavy atom. The van der Waals surface area contributed by atoms with Crippen molar-refractivity contribution in [3.8, 4) is 0 Å². The third-order valence-corrected chi connectivity index (χ3v) is 6.74. The molecule has 0 radical (unpaired) electrons. The van der Waals surface area contributed by atoms with Crippen LogP contribution in [0.15, 0.2) is 4.99 Å². The van der Waals surface area contributed by atoms with Crippen LogP contribution >= 0.6 is 11.8 Å². The normalized spacial score (nSPS) is 27.3. The first-order valence-electron chi connectivity index (χ1n) is 9.53. The summed E-state index contributed by atoms with van der Waals surface area (Å²) in [5.41, 5.74) is 0. The Hall–Kier alpha value is -0.420. The largest absolute Gasteiger partial charge is 0.357 e. The SMILES string of the molecule is CCNC(=NCC1(C)CCCS1)NCCC1CCN(CC)CC1. The van der Waals surface area contributed by atoms with E-state index in [0.29, 0.717) is 4.75 Å². The molecule has 5 heteroatoms. The van der Waals surface area contributed by atoms with E-state index in [1.165, 1.54) is 57.5 Å². The number of guanidine groups is 1. The summed E-state index contributed by atoms with van der Waals surface area (Å²) >= 11 is 2.09. The molecule has 0 aromatic carbocycles. The molecule has 0 aromatic heterocycles. The number of piperidine rings is 1. The first-order valence-corrected chi connectivity index (χ1v) is 10.5. The molecule has 2 N–H and O–H groups in total. The van der Waals surface area contributed by atoms with Crippen molar-refractivity contribution in [3.05, 3.63) is 0 Å². The van der Waals surface area contributed by atoms with E-state index in [0.717, 1.165) is 31.5 Å². The maximum atomic E-state index is 4.84. The van der Waals surface area contributed by atoms with E-state index in [1.807, 2.05) is 0 Å². The fourth-order valence-electron chi connectivity index (χ4n) is 3.54. The minimum absolute atomic E-state index is 0.356. The lowest BCUT2D eigenvalue weighted by Gasteiger charge is -2.31. The standard InChI is InChI=1S/C18H36N4S/c1-4-19-17(21-15-18(3)10-6-14-23-18)20-11-7-16-8-12-22(5-2)13-9-16/h16H,4-15H2,1-3H3,(H2,19,20,21). The van der Waals surface area contributed by atoms with E-state index >= 15 is 0 Å². The Kier molecular flexibility index (Phi) is 8.04. The van der Waals surface area contributed by atoms with Crippen LogP contribution in [0, 0.1) is 5.92 Å². The average molecular weight is 341 g/mol. The molecule has 0 aromatic rings. The van der Waals surface area contributed by atoms with Crippen LogP contribution in [0.2, 0.25) is 0 Å². The van der Waals surface area contributed by atoms with E-state index < -0.39 is 0 Å². The molecule has 0 bridgehead atoms. The molecule has 0 spiro atoms. The summed E-state index contributed by atoms with van der Waals surface area (Å²) in [6.07, 6.45) is 6.64. The lowest BCUT2D eigenvalue weighted by molar-refractivity contribution is 0.187. The number of nitrogens with one attached hydrogen (secondary N) is 2. The molecule has 1 unspecified atom stereocenters. The number of likely N-dealkylation sites (tertiary alicyclic amines) is 1. The van der Waals surface area contributed by atoms with Gasteiger partial charge >= 0.3 is 0 Å². The highest BCUT2D eigenvalue weighted by molar-refractivity contribution is 8.00.